The van der Waals surface area contributed by atoms with Crippen LogP contribution in [0.1, 0.15) is 22.8 Å². The monoisotopic (exact) mass is 383 g/mol. The summed E-state index contributed by atoms with van der Waals surface area (Å²) in [5.41, 5.74) is 6.19. The van der Waals surface area contributed by atoms with E-state index in [2.05, 4.69) is 10.3 Å². The van der Waals surface area contributed by atoms with Gasteiger partial charge in [-0.2, -0.15) is 0 Å². The molecule has 0 spiro atoms. The van der Waals surface area contributed by atoms with Crippen LogP contribution < -0.4 is 27.0 Å². The topological polar surface area (TPSA) is 121 Å². The number of nitrogen functional groups attached to an aromatic ring is 1. The van der Waals surface area contributed by atoms with Gasteiger partial charge in [0.15, 0.2) is 5.65 Å². The number of aromatic nitrogens is 3. The molecule has 0 aliphatic carbocycles. The van der Waals surface area contributed by atoms with Gasteiger partial charge in [-0.15, -0.1) is 0 Å². The van der Waals surface area contributed by atoms with Gasteiger partial charge >= 0.3 is 5.69 Å². The second-order valence-corrected chi connectivity index (χ2v) is 6.26. The zero-order chi connectivity index (χ0) is 20.6. The van der Waals surface area contributed by atoms with Crippen LogP contribution >= 0.6 is 0 Å². The number of amides is 1. The molecule has 0 bridgehead atoms. The quantitative estimate of drug-likeness (QED) is 0.694. The Bertz CT molecular complexity index is 1210. The number of nitrogens with zero attached hydrogens (tertiary/aromatic N) is 3. The number of anilines is 2. The van der Waals surface area contributed by atoms with Crippen LogP contribution in [0.4, 0.5) is 11.5 Å². The number of rotatable bonds is 4. The molecule has 3 N–H and O–H groups in total. The predicted molar refractivity (Wildman–Crippen MR) is 107 cm³/mol. The average Bonchev–Trinajstić information content (AvgIpc) is 2.69. The summed E-state index contributed by atoms with van der Waals surface area (Å²) < 4.78 is 7.48. The van der Waals surface area contributed by atoms with E-state index in [0.717, 1.165) is 4.57 Å². The normalized spacial score (nSPS) is 10.9. The number of carbonyl (C=O) groups is 1. The lowest BCUT2D eigenvalue weighted by molar-refractivity contribution is 0.102. The number of methoxy groups -OCH3 is 1. The van der Waals surface area contributed by atoms with Crippen molar-refractivity contribution in [2.45, 2.75) is 13.3 Å². The fourth-order valence-corrected chi connectivity index (χ4v) is 3.22. The van der Waals surface area contributed by atoms with Crippen molar-refractivity contribution in [1.29, 1.82) is 0 Å². The highest BCUT2D eigenvalue weighted by molar-refractivity contribution is 6.11. The van der Waals surface area contributed by atoms with E-state index >= 15 is 0 Å². The van der Waals surface area contributed by atoms with E-state index in [1.165, 1.54) is 25.8 Å². The zero-order valence-corrected chi connectivity index (χ0v) is 16.1. The molecule has 0 aliphatic heterocycles. The van der Waals surface area contributed by atoms with Crippen LogP contribution in [0, 0.1) is 0 Å². The first-order valence-electron chi connectivity index (χ1n) is 8.64. The van der Waals surface area contributed by atoms with E-state index in [9.17, 15) is 14.4 Å². The van der Waals surface area contributed by atoms with Gasteiger partial charge in [0.2, 0.25) is 0 Å². The summed E-state index contributed by atoms with van der Waals surface area (Å²) in [5, 5.41) is 2.96. The van der Waals surface area contributed by atoms with Crippen molar-refractivity contribution in [2.75, 3.05) is 18.2 Å². The van der Waals surface area contributed by atoms with Crippen molar-refractivity contribution < 1.29 is 9.53 Å². The Labute approximate surface area is 160 Å². The standard InChI is InChI=1S/C19H21N5O4/c1-5-10-13(17(25)21-11-8-6-7-9-12(11)28-4)15(20)22-16-14(10)18(26)24(3)19(27)23(16)2/h6-9H,5H2,1-4H3,(H2,20,22)(H,21,25). The summed E-state index contributed by atoms with van der Waals surface area (Å²) in [6, 6.07) is 6.94. The van der Waals surface area contributed by atoms with Crippen LogP contribution in [0.15, 0.2) is 33.9 Å². The van der Waals surface area contributed by atoms with Gasteiger partial charge in [0.05, 0.1) is 23.7 Å². The van der Waals surface area contributed by atoms with Crippen molar-refractivity contribution in [1.82, 2.24) is 14.1 Å². The van der Waals surface area contributed by atoms with Gasteiger partial charge in [0.25, 0.3) is 11.5 Å². The molecule has 2 heterocycles. The average molecular weight is 383 g/mol. The molecule has 9 heteroatoms. The molecule has 146 valence electrons. The van der Waals surface area contributed by atoms with Gasteiger partial charge in [0, 0.05) is 14.1 Å². The number of aryl methyl sites for hydroxylation is 2. The van der Waals surface area contributed by atoms with Crippen LogP contribution in [0.5, 0.6) is 5.75 Å². The minimum absolute atomic E-state index is 0.0556. The van der Waals surface area contributed by atoms with Crippen molar-refractivity contribution in [3.05, 3.63) is 56.2 Å². The van der Waals surface area contributed by atoms with Crippen molar-refractivity contribution in [3.8, 4) is 5.75 Å². The molecular formula is C19H21N5O4. The number of hydrogen-bond acceptors (Lipinski definition) is 6. The first kappa shape index (κ1) is 19.2. The number of ether oxygens (including phenoxy) is 1. The van der Waals surface area contributed by atoms with E-state index in [4.69, 9.17) is 10.5 Å². The van der Waals surface area contributed by atoms with Crippen molar-refractivity contribution >= 4 is 28.4 Å². The number of nitrogens with one attached hydrogen (secondary N) is 1. The summed E-state index contributed by atoms with van der Waals surface area (Å²) in [6.07, 6.45) is 0.353. The lowest BCUT2D eigenvalue weighted by Gasteiger charge is -2.16. The Balaban J connectivity index is 2.27. The number of carbonyl (C=O) groups excluding carboxylic acids is 1. The molecule has 0 saturated heterocycles. The zero-order valence-electron chi connectivity index (χ0n) is 16.1. The van der Waals surface area contributed by atoms with Gasteiger partial charge in [-0.3, -0.25) is 18.7 Å². The summed E-state index contributed by atoms with van der Waals surface area (Å²) in [4.78, 5) is 42.1. The number of para-hydroxylation sites is 2. The third-order valence-corrected chi connectivity index (χ3v) is 4.66. The molecule has 0 fully saturated rings. The van der Waals surface area contributed by atoms with E-state index in [1.54, 1.807) is 31.2 Å². The SMILES string of the molecule is CCc1c(C(=O)Nc2ccccc2OC)c(N)nc2c1c(=O)n(C)c(=O)n2C. The van der Waals surface area contributed by atoms with Crippen LogP contribution in [-0.4, -0.2) is 27.1 Å². The molecule has 0 aliphatic rings. The molecule has 2 aromatic heterocycles. The van der Waals surface area contributed by atoms with Crippen molar-refractivity contribution in [3.63, 3.8) is 0 Å². The van der Waals surface area contributed by atoms with Gasteiger partial charge in [-0.25, -0.2) is 9.78 Å². The Morgan fingerprint density at radius 2 is 1.89 bits per heavy atom. The highest BCUT2D eigenvalue weighted by atomic mass is 16.5. The van der Waals surface area contributed by atoms with Gasteiger partial charge < -0.3 is 15.8 Å². The fraction of sp³-hybridized carbons (Fsp3) is 0.263. The summed E-state index contributed by atoms with van der Waals surface area (Å²) in [6.45, 7) is 1.80. The van der Waals surface area contributed by atoms with Crippen LogP contribution in [-0.2, 0) is 20.5 Å². The van der Waals surface area contributed by atoms with Gasteiger partial charge in [-0.05, 0) is 24.1 Å². The van der Waals surface area contributed by atoms with E-state index < -0.39 is 17.2 Å². The third-order valence-electron chi connectivity index (χ3n) is 4.66. The summed E-state index contributed by atoms with van der Waals surface area (Å²) >= 11 is 0. The molecule has 0 unspecified atom stereocenters. The number of benzene rings is 1. The molecule has 1 amide bonds. The van der Waals surface area contributed by atoms with Gasteiger partial charge in [-0.1, -0.05) is 19.1 Å². The lowest BCUT2D eigenvalue weighted by atomic mass is 10.0. The van der Waals surface area contributed by atoms with E-state index in [1.807, 2.05) is 0 Å². The maximum Gasteiger partial charge on any atom is 0.332 e. The molecule has 0 radical (unpaired) electrons. The van der Waals surface area contributed by atoms with Crippen LogP contribution in [0.25, 0.3) is 11.0 Å². The molecule has 9 nitrogen and oxygen atoms in total. The minimum atomic E-state index is -0.520. The number of fused-ring (bicyclic) bond motifs is 1. The van der Waals surface area contributed by atoms with Crippen molar-refractivity contribution in [2.24, 2.45) is 14.1 Å². The second-order valence-electron chi connectivity index (χ2n) is 6.26. The molecule has 0 saturated carbocycles. The first-order chi connectivity index (χ1) is 13.3. The largest absolute Gasteiger partial charge is 0.495 e. The minimum Gasteiger partial charge on any atom is -0.495 e. The molecule has 1 aromatic carbocycles. The first-order valence-corrected chi connectivity index (χ1v) is 8.64. The number of pyridine rings is 1. The highest BCUT2D eigenvalue weighted by Crippen LogP contribution is 2.27. The molecule has 3 aromatic rings. The van der Waals surface area contributed by atoms with Crippen LogP contribution in [0.2, 0.25) is 0 Å². The molecule has 28 heavy (non-hydrogen) atoms. The number of hydrogen-bond donors (Lipinski definition) is 2. The maximum absolute atomic E-state index is 13.0. The predicted octanol–water partition coefficient (Wildman–Crippen LogP) is 1.04. The third kappa shape index (κ3) is 2.90. The Kier molecular flexibility index (Phi) is 4.91. The van der Waals surface area contributed by atoms with Gasteiger partial charge in [0.1, 0.15) is 11.6 Å². The summed E-state index contributed by atoms with van der Waals surface area (Å²) in [5.74, 6) is -0.0799. The van der Waals surface area contributed by atoms with Crippen LogP contribution in [0.3, 0.4) is 0 Å². The fourth-order valence-electron chi connectivity index (χ4n) is 3.22. The maximum atomic E-state index is 13.0. The Hall–Kier alpha value is -3.62. The number of nitrogens with two attached hydrogens (primary N) is 1. The van der Waals surface area contributed by atoms with E-state index in [0.29, 0.717) is 23.4 Å². The Morgan fingerprint density at radius 1 is 1.21 bits per heavy atom. The van der Waals surface area contributed by atoms with E-state index in [-0.39, 0.29) is 22.4 Å². The second kappa shape index (κ2) is 7.18. The molecular weight excluding hydrogens is 362 g/mol. The Morgan fingerprint density at radius 3 is 2.54 bits per heavy atom. The molecule has 3 rings (SSSR count). The summed E-state index contributed by atoms with van der Waals surface area (Å²) in [7, 11) is 4.39. The highest BCUT2D eigenvalue weighted by Gasteiger charge is 2.23. The smallest absolute Gasteiger partial charge is 0.332 e. The lowest BCUT2D eigenvalue weighted by Crippen LogP contribution is -2.38. The molecule has 0 atom stereocenters.